The van der Waals surface area contributed by atoms with Crippen molar-refractivity contribution in [1.82, 2.24) is 14.9 Å². The minimum atomic E-state index is -0.560. The number of aromatic amines is 1. The Labute approximate surface area is 116 Å². The molecule has 0 aliphatic rings. The summed E-state index contributed by atoms with van der Waals surface area (Å²) in [6.45, 7) is 6.41. The summed E-state index contributed by atoms with van der Waals surface area (Å²) in [6, 6.07) is 0. The number of nitrogen functional groups attached to an aromatic ring is 1. The number of carbonyl (C=O) groups is 1. The van der Waals surface area contributed by atoms with Gasteiger partial charge in [0.05, 0.1) is 0 Å². The first kappa shape index (κ1) is 15.8. The Kier molecular flexibility index (Phi) is 5.36. The van der Waals surface area contributed by atoms with E-state index < -0.39 is 11.2 Å². The van der Waals surface area contributed by atoms with E-state index in [2.05, 4.69) is 15.6 Å². The Bertz CT molecular complexity index is 588. The third kappa shape index (κ3) is 4.15. The highest BCUT2D eigenvalue weighted by Gasteiger charge is 2.12. The molecule has 0 fully saturated rings. The molecule has 0 atom stereocenters. The molecule has 0 aliphatic carbocycles. The molecule has 0 saturated carbocycles. The molecule has 8 heteroatoms. The van der Waals surface area contributed by atoms with Gasteiger partial charge in [0.1, 0.15) is 11.5 Å². The molecule has 1 rings (SSSR count). The highest BCUT2D eigenvalue weighted by atomic mass is 16.2. The second-order valence-corrected chi connectivity index (χ2v) is 4.93. The second kappa shape index (κ2) is 6.78. The summed E-state index contributed by atoms with van der Waals surface area (Å²) in [5, 5.41) is 5.42. The third-order valence-corrected chi connectivity index (χ3v) is 2.59. The van der Waals surface area contributed by atoms with Crippen LogP contribution in [0.4, 0.5) is 11.5 Å². The molecule has 20 heavy (non-hydrogen) atoms. The van der Waals surface area contributed by atoms with Crippen LogP contribution in [0.15, 0.2) is 9.59 Å². The lowest BCUT2D eigenvalue weighted by Crippen LogP contribution is -2.36. The second-order valence-electron chi connectivity index (χ2n) is 4.93. The van der Waals surface area contributed by atoms with E-state index in [1.165, 1.54) is 11.5 Å². The van der Waals surface area contributed by atoms with Gasteiger partial charge in [0, 0.05) is 26.6 Å². The predicted octanol–water partition coefficient (Wildman–Crippen LogP) is -0.677. The summed E-state index contributed by atoms with van der Waals surface area (Å²) in [4.78, 5) is 36.4. The first-order valence-corrected chi connectivity index (χ1v) is 6.43. The number of amides is 1. The van der Waals surface area contributed by atoms with Gasteiger partial charge in [-0.3, -0.25) is 19.1 Å². The summed E-state index contributed by atoms with van der Waals surface area (Å²) in [5.74, 6) is 0.168. The van der Waals surface area contributed by atoms with E-state index in [9.17, 15) is 14.4 Å². The lowest BCUT2D eigenvalue weighted by Gasteiger charge is -2.15. The van der Waals surface area contributed by atoms with Gasteiger partial charge in [0.25, 0.3) is 5.56 Å². The molecule has 0 bridgehead atoms. The number of H-pyrrole nitrogens is 1. The van der Waals surface area contributed by atoms with Crippen molar-refractivity contribution < 1.29 is 4.79 Å². The summed E-state index contributed by atoms with van der Waals surface area (Å²) < 4.78 is 1.33. The van der Waals surface area contributed by atoms with Crippen molar-refractivity contribution >= 4 is 17.4 Å². The fourth-order valence-electron chi connectivity index (χ4n) is 1.73. The van der Waals surface area contributed by atoms with Crippen molar-refractivity contribution in [3.8, 4) is 0 Å². The van der Waals surface area contributed by atoms with Crippen molar-refractivity contribution in [3.05, 3.63) is 20.8 Å². The minimum Gasteiger partial charge on any atom is -0.383 e. The van der Waals surface area contributed by atoms with Crippen LogP contribution >= 0.6 is 0 Å². The molecule has 0 unspecified atom stereocenters. The molecule has 1 aromatic heterocycles. The fraction of sp³-hybridized carbons (Fsp3) is 0.583. The Hall–Kier alpha value is -2.25. The molecule has 1 heterocycles. The zero-order valence-corrected chi connectivity index (χ0v) is 11.9. The number of hydrogen-bond donors (Lipinski definition) is 4. The first-order valence-electron chi connectivity index (χ1n) is 6.43. The summed E-state index contributed by atoms with van der Waals surface area (Å²) in [5.41, 5.74) is 4.94. The molecule has 1 aromatic rings. The average molecular weight is 283 g/mol. The van der Waals surface area contributed by atoms with Crippen LogP contribution in [0, 0.1) is 5.92 Å². The molecule has 0 saturated heterocycles. The van der Waals surface area contributed by atoms with Crippen molar-refractivity contribution in [2.75, 3.05) is 24.1 Å². The summed E-state index contributed by atoms with van der Waals surface area (Å²) in [6.07, 6.45) is 0. The maximum Gasteiger partial charge on any atom is 0.330 e. The highest BCUT2D eigenvalue weighted by Crippen LogP contribution is 2.11. The van der Waals surface area contributed by atoms with Crippen LogP contribution in [0.5, 0.6) is 0 Å². The fourth-order valence-corrected chi connectivity index (χ4v) is 1.73. The number of nitrogens with two attached hydrogens (primary N) is 1. The van der Waals surface area contributed by atoms with Gasteiger partial charge in [-0.25, -0.2) is 4.79 Å². The highest BCUT2D eigenvalue weighted by molar-refractivity contribution is 5.72. The van der Waals surface area contributed by atoms with Crippen molar-refractivity contribution in [3.63, 3.8) is 0 Å². The van der Waals surface area contributed by atoms with E-state index in [0.717, 1.165) is 0 Å². The van der Waals surface area contributed by atoms with Crippen LogP contribution in [0.1, 0.15) is 20.8 Å². The standard InChI is InChI=1S/C12H21N5O3/c1-7(2)6-17-10(13)9(11(19)16-12(17)20)15-5-4-14-8(3)18/h7,15H,4-6,13H2,1-3H3,(H,14,18)(H,16,19,20). The SMILES string of the molecule is CC(=O)NCCNc1c(N)n(CC(C)C)c(=O)[nH]c1=O. The van der Waals surface area contributed by atoms with Crippen LogP contribution in [0.3, 0.4) is 0 Å². The van der Waals surface area contributed by atoms with E-state index in [1.807, 2.05) is 13.8 Å². The molecule has 0 aromatic carbocycles. The molecule has 8 nitrogen and oxygen atoms in total. The Morgan fingerprint density at radius 2 is 2.00 bits per heavy atom. The largest absolute Gasteiger partial charge is 0.383 e. The minimum absolute atomic E-state index is 0.107. The predicted molar refractivity (Wildman–Crippen MR) is 77.7 cm³/mol. The van der Waals surface area contributed by atoms with Gasteiger partial charge < -0.3 is 16.4 Å². The lowest BCUT2D eigenvalue weighted by atomic mass is 10.2. The van der Waals surface area contributed by atoms with E-state index in [1.54, 1.807) is 0 Å². The molecular formula is C12H21N5O3. The van der Waals surface area contributed by atoms with Crippen LogP contribution < -0.4 is 27.6 Å². The van der Waals surface area contributed by atoms with Crippen LogP contribution in [-0.4, -0.2) is 28.5 Å². The molecular weight excluding hydrogens is 262 g/mol. The maximum absolute atomic E-state index is 11.7. The zero-order valence-electron chi connectivity index (χ0n) is 11.9. The third-order valence-electron chi connectivity index (χ3n) is 2.59. The number of carbonyl (C=O) groups excluding carboxylic acids is 1. The maximum atomic E-state index is 11.7. The Balaban J connectivity index is 2.93. The lowest BCUT2D eigenvalue weighted by molar-refractivity contribution is -0.118. The van der Waals surface area contributed by atoms with Crippen LogP contribution in [-0.2, 0) is 11.3 Å². The molecule has 0 aliphatic heterocycles. The smallest absolute Gasteiger partial charge is 0.330 e. The monoisotopic (exact) mass is 283 g/mol. The number of hydrogen-bond acceptors (Lipinski definition) is 5. The summed E-state index contributed by atoms with van der Waals surface area (Å²) >= 11 is 0. The Morgan fingerprint density at radius 3 is 2.55 bits per heavy atom. The molecule has 112 valence electrons. The van der Waals surface area contributed by atoms with E-state index in [-0.39, 0.29) is 23.3 Å². The van der Waals surface area contributed by atoms with Crippen molar-refractivity contribution in [2.45, 2.75) is 27.3 Å². The van der Waals surface area contributed by atoms with Gasteiger partial charge in [-0.2, -0.15) is 0 Å². The molecule has 5 N–H and O–H groups in total. The normalized spacial score (nSPS) is 10.6. The number of nitrogens with zero attached hydrogens (tertiary/aromatic N) is 1. The van der Waals surface area contributed by atoms with Crippen LogP contribution in [0.2, 0.25) is 0 Å². The molecule has 0 radical (unpaired) electrons. The zero-order chi connectivity index (χ0) is 15.3. The van der Waals surface area contributed by atoms with E-state index >= 15 is 0 Å². The van der Waals surface area contributed by atoms with Gasteiger partial charge in [0.15, 0.2) is 0 Å². The van der Waals surface area contributed by atoms with Gasteiger partial charge in [-0.05, 0) is 5.92 Å². The number of anilines is 2. The molecule has 0 spiro atoms. The van der Waals surface area contributed by atoms with Gasteiger partial charge in [-0.1, -0.05) is 13.8 Å². The number of nitrogens with one attached hydrogen (secondary N) is 3. The van der Waals surface area contributed by atoms with Gasteiger partial charge >= 0.3 is 5.69 Å². The topological polar surface area (TPSA) is 122 Å². The van der Waals surface area contributed by atoms with Crippen LogP contribution in [0.25, 0.3) is 0 Å². The van der Waals surface area contributed by atoms with Crippen molar-refractivity contribution in [1.29, 1.82) is 0 Å². The first-order chi connectivity index (χ1) is 9.32. The van der Waals surface area contributed by atoms with E-state index in [0.29, 0.717) is 19.6 Å². The quantitative estimate of drug-likeness (QED) is 0.515. The summed E-state index contributed by atoms with van der Waals surface area (Å²) in [7, 11) is 0. The number of rotatable bonds is 6. The van der Waals surface area contributed by atoms with E-state index in [4.69, 9.17) is 5.73 Å². The number of aromatic nitrogens is 2. The van der Waals surface area contributed by atoms with Gasteiger partial charge in [-0.15, -0.1) is 0 Å². The van der Waals surface area contributed by atoms with Crippen molar-refractivity contribution in [2.24, 2.45) is 5.92 Å². The average Bonchev–Trinajstić information content (AvgIpc) is 2.32. The Morgan fingerprint density at radius 1 is 1.35 bits per heavy atom. The molecule has 1 amide bonds. The van der Waals surface area contributed by atoms with Gasteiger partial charge in [0.2, 0.25) is 5.91 Å².